The van der Waals surface area contributed by atoms with Gasteiger partial charge in [-0.05, 0) is 12.5 Å². The molecule has 0 aliphatic carbocycles. The van der Waals surface area contributed by atoms with Crippen LogP contribution >= 0.6 is 0 Å². The lowest BCUT2D eigenvalue weighted by molar-refractivity contribution is -0.117. The largest absolute Gasteiger partial charge is 0.383 e. The number of rotatable bonds is 0. The zero-order valence-corrected chi connectivity index (χ0v) is 5.22. The quantitative estimate of drug-likeness (QED) is 0.502. The van der Waals surface area contributed by atoms with Gasteiger partial charge in [-0.3, -0.25) is 4.79 Å². The lowest BCUT2D eigenvalue weighted by Crippen LogP contribution is -2.18. The first-order valence-electron chi connectivity index (χ1n) is 2.74. The van der Waals surface area contributed by atoms with Crippen molar-refractivity contribution in [3.05, 3.63) is 11.6 Å². The highest BCUT2D eigenvalue weighted by atomic mass is 16.1. The van der Waals surface area contributed by atoms with Crippen LogP contribution in [0.1, 0.15) is 13.3 Å². The molecule has 3 heteroatoms. The van der Waals surface area contributed by atoms with Gasteiger partial charge in [0.1, 0.15) is 5.84 Å². The van der Waals surface area contributed by atoms with E-state index in [9.17, 15) is 4.79 Å². The lowest BCUT2D eigenvalue weighted by atomic mass is 10.2. The minimum absolute atomic E-state index is 0.155. The number of nitrogens with zero attached hydrogens (tertiary/aromatic N) is 1. The first-order chi connectivity index (χ1) is 4.20. The third-order valence-corrected chi connectivity index (χ3v) is 1.23. The van der Waals surface area contributed by atoms with Crippen LogP contribution in [0.25, 0.3) is 0 Å². The lowest BCUT2D eigenvalue weighted by Gasteiger charge is -2.03. The molecule has 1 aliphatic heterocycles. The third-order valence-electron chi connectivity index (χ3n) is 1.23. The van der Waals surface area contributed by atoms with Crippen molar-refractivity contribution >= 4 is 11.7 Å². The van der Waals surface area contributed by atoms with Gasteiger partial charge in [0.25, 0.3) is 5.91 Å². The Morgan fingerprint density at radius 3 is 2.89 bits per heavy atom. The smallest absolute Gasteiger partial charge is 0.251 e. The van der Waals surface area contributed by atoms with Gasteiger partial charge in [0, 0.05) is 6.42 Å². The van der Waals surface area contributed by atoms with E-state index < -0.39 is 0 Å². The van der Waals surface area contributed by atoms with Crippen molar-refractivity contribution in [2.75, 3.05) is 0 Å². The van der Waals surface area contributed by atoms with E-state index in [-0.39, 0.29) is 5.91 Å². The fraction of sp³-hybridized carbons (Fsp3) is 0.333. The second-order valence-corrected chi connectivity index (χ2v) is 1.98. The molecule has 0 saturated heterocycles. The van der Waals surface area contributed by atoms with Gasteiger partial charge < -0.3 is 5.73 Å². The first kappa shape index (κ1) is 6.01. The van der Waals surface area contributed by atoms with Gasteiger partial charge in [-0.15, -0.1) is 0 Å². The van der Waals surface area contributed by atoms with Gasteiger partial charge in [0.05, 0.1) is 0 Å². The highest BCUT2D eigenvalue weighted by molar-refractivity contribution is 6.06. The van der Waals surface area contributed by atoms with Crippen LogP contribution in [0.5, 0.6) is 0 Å². The van der Waals surface area contributed by atoms with Crippen molar-refractivity contribution in [1.29, 1.82) is 0 Å². The fourth-order valence-electron chi connectivity index (χ4n) is 0.613. The summed E-state index contributed by atoms with van der Waals surface area (Å²) in [6.45, 7) is 1.84. The highest BCUT2D eigenvalue weighted by Crippen LogP contribution is 2.03. The molecule has 0 atom stereocenters. The predicted molar refractivity (Wildman–Crippen MR) is 35.0 cm³/mol. The minimum atomic E-state index is -0.155. The van der Waals surface area contributed by atoms with E-state index in [1.165, 1.54) is 0 Å². The molecule has 1 aliphatic rings. The molecule has 1 rings (SSSR count). The molecule has 0 aromatic carbocycles. The number of carbonyl (C=O) groups excluding carboxylic acids is 1. The van der Waals surface area contributed by atoms with E-state index in [4.69, 9.17) is 5.73 Å². The van der Waals surface area contributed by atoms with Gasteiger partial charge in [-0.25, -0.2) is 0 Å². The summed E-state index contributed by atoms with van der Waals surface area (Å²) in [5.41, 5.74) is 6.23. The number of hydrogen-bond donors (Lipinski definition) is 1. The van der Waals surface area contributed by atoms with E-state index in [1.807, 2.05) is 6.92 Å². The Labute approximate surface area is 53.3 Å². The van der Waals surface area contributed by atoms with Crippen molar-refractivity contribution in [1.82, 2.24) is 0 Å². The summed E-state index contributed by atoms with van der Waals surface area (Å²) in [6.07, 6.45) is 2.18. The monoisotopic (exact) mass is 124 g/mol. The van der Waals surface area contributed by atoms with Crippen LogP contribution in [0, 0.1) is 0 Å². The summed E-state index contributed by atoms with van der Waals surface area (Å²) in [5, 5.41) is 0. The Kier molecular flexibility index (Phi) is 1.34. The van der Waals surface area contributed by atoms with Crippen LogP contribution in [-0.4, -0.2) is 11.7 Å². The Bertz CT molecular complexity index is 203. The molecule has 9 heavy (non-hydrogen) atoms. The molecule has 0 radical (unpaired) electrons. The van der Waals surface area contributed by atoms with Crippen LogP contribution in [0.4, 0.5) is 0 Å². The summed E-state index contributed by atoms with van der Waals surface area (Å²) in [5.74, 6) is 0.198. The molecule has 0 aromatic heterocycles. The molecular formula is C6H8N2O. The van der Waals surface area contributed by atoms with Gasteiger partial charge in [-0.1, -0.05) is 6.08 Å². The maximum atomic E-state index is 10.5. The van der Waals surface area contributed by atoms with Gasteiger partial charge in [0.2, 0.25) is 0 Å². The van der Waals surface area contributed by atoms with Gasteiger partial charge in [0.15, 0.2) is 0 Å². The van der Waals surface area contributed by atoms with E-state index in [1.54, 1.807) is 6.08 Å². The number of amidine groups is 1. The number of aliphatic imine (C=N–C) groups is 1. The number of amides is 1. The second-order valence-electron chi connectivity index (χ2n) is 1.98. The fourth-order valence-corrected chi connectivity index (χ4v) is 0.613. The molecule has 48 valence electrons. The number of dihydropyridines is 1. The van der Waals surface area contributed by atoms with Gasteiger partial charge in [-0.2, -0.15) is 4.99 Å². The number of nitrogens with two attached hydrogens (primary N) is 1. The normalized spacial score (nSPS) is 19.0. The minimum Gasteiger partial charge on any atom is -0.383 e. The molecule has 0 spiro atoms. The van der Waals surface area contributed by atoms with Crippen molar-refractivity contribution in [2.24, 2.45) is 10.7 Å². The average molecular weight is 124 g/mol. The van der Waals surface area contributed by atoms with Crippen LogP contribution in [0.3, 0.4) is 0 Å². The number of carbonyl (C=O) groups is 1. The molecule has 0 bridgehead atoms. The van der Waals surface area contributed by atoms with E-state index >= 15 is 0 Å². The summed E-state index contributed by atoms with van der Waals surface area (Å²) < 4.78 is 0. The molecule has 2 N–H and O–H groups in total. The van der Waals surface area contributed by atoms with Crippen molar-refractivity contribution in [3.63, 3.8) is 0 Å². The van der Waals surface area contributed by atoms with E-state index in [0.717, 1.165) is 5.57 Å². The van der Waals surface area contributed by atoms with Crippen molar-refractivity contribution in [2.45, 2.75) is 13.3 Å². The predicted octanol–water partition coefficient (Wildman–Crippen LogP) is 0.220. The molecule has 0 fully saturated rings. The zero-order chi connectivity index (χ0) is 6.85. The summed E-state index contributed by atoms with van der Waals surface area (Å²) in [7, 11) is 0. The molecular weight excluding hydrogens is 116 g/mol. The Balaban J connectivity index is 2.87. The van der Waals surface area contributed by atoms with E-state index in [2.05, 4.69) is 4.99 Å². The summed E-state index contributed by atoms with van der Waals surface area (Å²) in [6, 6.07) is 0. The Hall–Kier alpha value is -1.12. The summed E-state index contributed by atoms with van der Waals surface area (Å²) >= 11 is 0. The molecule has 3 nitrogen and oxygen atoms in total. The standard InChI is InChI=1S/C6H8N2O/c1-4-2-3-5(9)8-6(4)7/h2H,3H2,1H3,(H2,7,8,9). The molecule has 1 amide bonds. The molecule has 0 saturated carbocycles. The second kappa shape index (κ2) is 2.01. The molecule has 0 unspecified atom stereocenters. The van der Waals surface area contributed by atoms with Crippen LogP contribution < -0.4 is 5.73 Å². The Morgan fingerprint density at radius 2 is 2.44 bits per heavy atom. The Morgan fingerprint density at radius 1 is 1.78 bits per heavy atom. The van der Waals surface area contributed by atoms with Crippen molar-refractivity contribution in [3.8, 4) is 0 Å². The third kappa shape index (κ3) is 1.16. The molecule has 1 heterocycles. The summed E-state index contributed by atoms with van der Waals surface area (Å²) in [4.78, 5) is 14.1. The SMILES string of the molecule is CC1=CCC(=O)N=C1N. The molecule has 0 aromatic rings. The number of hydrogen-bond acceptors (Lipinski definition) is 2. The zero-order valence-electron chi connectivity index (χ0n) is 5.22. The maximum absolute atomic E-state index is 10.5. The van der Waals surface area contributed by atoms with Crippen LogP contribution in [0.2, 0.25) is 0 Å². The highest BCUT2D eigenvalue weighted by Gasteiger charge is 2.06. The van der Waals surface area contributed by atoms with Crippen LogP contribution in [0.15, 0.2) is 16.6 Å². The van der Waals surface area contributed by atoms with E-state index in [0.29, 0.717) is 12.3 Å². The van der Waals surface area contributed by atoms with Crippen LogP contribution in [-0.2, 0) is 4.79 Å². The van der Waals surface area contributed by atoms with Gasteiger partial charge >= 0.3 is 0 Å². The van der Waals surface area contributed by atoms with Crippen molar-refractivity contribution < 1.29 is 4.79 Å². The maximum Gasteiger partial charge on any atom is 0.251 e. The topological polar surface area (TPSA) is 55.5 Å². The first-order valence-corrected chi connectivity index (χ1v) is 2.74. The average Bonchev–Trinajstić information content (AvgIpc) is 1.80.